The van der Waals surface area contributed by atoms with Crippen LogP contribution in [0.25, 0.3) is 0 Å². The van der Waals surface area contributed by atoms with Gasteiger partial charge in [0.05, 0.1) is 24.3 Å². The molecule has 204 valence electrons. The van der Waals surface area contributed by atoms with Crippen LogP contribution >= 0.6 is 0 Å². The average molecular weight is 537 g/mol. The van der Waals surface area contributed by atoms with Gasteiger partial charge in [0.2, 0.25) is 5.91 Å². The molecule has 5 rings (SSSR count). The molecule has 0 aliphatic carbocycles. The molecule has 0 aromatic heterocycles. The Kier molecular flexibility index (Phi) is 7.69. The van der Waals surface area contributed by atoms with Gasteiger partial charge >= 0.3 is 6.03 Å². The molecule has 2 heterocycles. The number of nitrogens with one attached hydrogen (secondary N) is 2. The molecule has 9 heteroatoms. The molecule has 2 N–H and O–H groups in total. The number of nitrogens with zero attached hydrogens (tertiary/aromatic N) is 4. The van der Waals surface area contributed by atoms with Gasteiger partial charge in [-0.05, 0) is 55.7 Å². The average Bonchev–Trinajstić information content (AvgIpc) is 3.24. The smallest absolute Gasteiger partial charge is 0.321 e. The minimum Gasteiger partial charge on any atom is -0.348 e. The van der Waals surface area contributed by atoms with E-state index in [9.17, 15) is 14.4 Å². The maximum atomic E-state index is 13.9. The van der Waals surface area contributed by atoms with Crippen molar-refractivity contribution < 1.29 is 14.4 Å². The van der Waals surface area contributed by atoms with E-state index in [0.29, 0.717) is 43.9 Å². The molecule has 3 aromatic carbocycles. The first-order valence-electron chi connectivity index (χ1n) is 13.4. The van der Waals surface area contributed by atoms with Gasteiger partial charge in [0, 0.05) is 24.5 Å². The molecule has 2 aliphatic heterocycles. The third kappa shape index (κ3) is 5.47. The molecule has 1 atom stereocenters. The zero-order valence-electron chi connectivity index (χ0n) is 22.4. The van der Waals surface area contributed by atoms with E-state index < -0.39 is 5.54 Å². The first-order chi connectivity index (χ1) is 19.4. The largest absolute Gasteiger partial charge is 0.348 e. The first-order valence-corrected chi connectivity index (χ1v) is 13.4. The number of benzene rings is 3. The Hall–Kier alpha value is -4.84. The van der Waals surface area contributed by atoms with Gasteiger partial charge in [0.1, 0.15) is 12.1 Å². The van der Waals surface area contributed by atoms with Crippen molar-refractivity contribution in [1.29, 1.82) is 5.26 Å². The summed E-state index contributed by atoms with van der Waals surface area (Å²) in [6, 6.07) is 27.8. The topological polar surface area (TPSA) is 109 Å². The number of carbonyl (C=O) groups excluding carboxylic acids is 3. The molecular formula is C31H32N6O3. The Morgan fingerprint density at radius 3 is 2.33 bits per heavy atom. The summed E-state index contributed by atoms with van der Waals surface area (Å²) >= 11 is 0. The van der Waals surface area contributed by atoms with E-state index >= 15 is 0 Å². The number of amides is 4. The number of urea groups is 1. The van der Waals surface area contributed by atoms with Crippen molar-refractivity contribution >= 4 is 29.2 Å². The van der Waals surface area contributed by atoms with E-state index in [0.717, 1.165) is 11.3 Å². The molecule has 1 spiro atoms. The van der Waals surface area contributed by atoms with E-state index in [1.165, 1.54) is 0 Å². The number of likely N-dealkylation sites (tertiary alicyclic amines) is 1. The summed E-state index contributed by atoms with van der Waals surface area (Å²) in [7, 11) is 0. The third-order valence-electron chi connectivity index (χ3n) is 7.71. The molecule has 0 saturated carbocycles. The van der Waals surface area contributed by atoms with Crippen LogP contribution in [0.1, 0.15) is 36.9 Å². The number of hydrogen-bond donors (Lipinski definition) is 2. The molecule has 0 bridgehead atoms. The van der Waals surface area contributed by atoms with Crippen LogP contribution in [-0.2, 0) is 9.59 Å². The van der Waals surface area contributed by atoms with Gasteiger partial charge in [0.15, 0.2) is 0 Å². The van der Waals surface area contributed by atoms with Crippen molar-refractivity contribution in [2.24, 2.45) is 0 Å². The molecular weight excluding hydrogens is 504 g/mol. The lowest BCUT2D eigenvalue weighted by Crippen LogP contribution is -2.58. The molecule has 9 nitrogen and oxygen atoms in total. The quantitative estimate of drug-likeness (QED) is 0.493. The standard InChI is InChI=1S/C31H32N6O3/c1-23(25-10-4-2-5-11-25)33-28(38)21-36-22-37(27-13-6-3-7-14-27)31(29(36)39)15-17-35(18-16-31)30(40)34-26-12-8-9-24(19-26)20-32/h2-14,19,23H,15-18,21-22H2,1H3,(H,33,38)(H,34,40). The maximum Gasteiger partial charge on any atom is 0.321 e. The molecule has 2 aliphatic rings. The number of piperidine rings is 1. The SMILES string of the molecule is CC(NC(=O)CN1CN(c2ccccc2)C2(CCN(C(=O)Nc3cccc(C#N)c3)CC2)C1=O)c1ccccc1. The minimum atomic E-state index is -0.843. The van der Waals surface area contributed by atoms with Crippen molar-refractivity contribution in [1.82, 2.24) is 15.1 Å². The van der Waals surface area contributed by atoms with Crippen LogP contribution in [0.3, 0.4) is 0 Å². The fourth-order valence-electron chi connectivity index (χ4n) is 5.56. The predicted molar refractivity (Wildman–Crippen MR) is 152 cm³/mol. The van der Waals surface area contributed by atoms with Gasteiger partial charge in [-0.15, -0.1) is 0 Å². The van der Waals surface area contributed by atoms with Crippen LogP contribution in [0.5, 0.6) is 0 Å². The van der Waals surface area contributed by atoms with Crippen molar-refractivity contribution in [2.45, 2.75) is 31.3 Å². The summed E-state index contributed by atoms with van der Waals surface area (Å²) in [4.78, 5) is 45.3. The van der Waals surface area contributed by atoms with Crippen LogP contribution in [0.15, 0.2) is 84.9 Å². The summed E-state index contributed by atoms with van der Waals surface area (Å²) in [5.74, 6) is -0.313. The summed E-state index contributed by atoms with van der Waals surface area (Å²) < 4.78 is 0. The van der Waals surface area contributed by atoms with Crippen molar-refractivity contribution in [2.75, 3.05) is 36.5 Å². The van der Waals surface area contributed by atoms with Crippen LogP contribution in [0, 0.1) is 11.3 Å². The number of para-hydroxylation sites is 1. The molecule has 0 radical (unpaired) electrons. The molecule has 40 heavy (non-hydrogen) atoms. The molecule has 4 amide bonds. The van der Waals surface area contributed by atoms with Crippen molar-refractivity contribution in [3.05, 3.63) is 96.1 Å². The third-order valence-corrected chi connectivity index (χ3v) is 7.71. The lowest BCUT2D eigenvalue weighted by atomic mass is 9.85. The predicted octanol–water partition coefficient (Wildman–Crippen LogP) is 4.11. The lowest BCUT2D eigenvalue weighted by molar-refractivity contribution is -0.137. The highest BCUT2D eigenvalue weighted by molar-refractivity contribution is 5.97. The molecule has 1 unspecified atom stereocenters. The Morgan fingerprint density at radius 1 is 0.975 bits per heavy atom. The number of rotatable bonds is 6. The van der Waals surface area contributed by atoms with Crippen LogP contribution in [0.2, 0.25) is 0 Å². The highest BCUT2D eigenvalue weighted by Crippen LogP contribution is 2.39. The van der Waals surface area contributed by atoms with E-state index in [-0.39, 0.29) is 30.4 Å². The Morgan fingerprint density at radius 2 is 1.65 bits per heavy atom. The molecule has 2 fully saturated rings. The van der Waals surface area contributed by atoms with Gasteiger partial charge in [-0.25, -0.2) is 4.79 Å². The number of anilines is 2. The van der Waals surface area contributed by atoms with E-state index in [1.807, 2.05) is 67.6 Å². The summed E-state index contributed by atoms with van der Waals surface area (Å²) in [5, 5.41) is 15.0. The second-order valence-corrected chi connectivity index (χ2v) is 10.2. The monoisotopic (exact) mass is 536 g/mol. The van der Waals surface area contributed by atoms with Crippen molar-refractivity contribution in [3.8, 4) is 6.07 Å². The van der Waals surface area contributed by atoms with Crippen LogP contribution in [-0.4, -0.2) is 59.5 Å². The van der Waals surface area contributed by atoms with Gasteiger partial charge in [-0.1, -0.05) is 54.6 Å². The van der Waals surface area contributed by atoms with E-state index in [2.05, 4.69) is 21.6 Å². The zero-order chi connectivity index (χ0) is 28.1. The maximum absolute atomic E-state index is 13.9. The zero-order valence-corrected chi connectivity index (χ0v) is 22.4. The lowest BCUT2D eigenvalue weighted by Gasteiger charge is -2.43. The van der Waals surface area contributed by atoms with Gasteiger partial charge in [-0.3, -0.25) is 9.59 Å². The van der Waals surface area contributed by atoms with Gasteiger partial charge in [-0.2, -0.15) is 5.26 Å². The number of hydrogen-bond acceptors (Lipinski definition) is 5. The molecule has 2 saturated heterocycles. The number of nitriles is 1. The minimum absolute atomic E-state index is 0.0411. The van der Waals surface area contributed by atoms with Gasteiger partial charge < -0.3 is 25.3 Å². The Balaban J connectivity index is 1.28. The highest BCUT2D eigenvalue weighted by Gasteiger charge is 2.54. The fraction of sp³-hybridized carbons (Fsp3) is 0.290. The summed E-state index contributed by atoms with van der Waals surface area (Å²) in [6.45, 7) is 2.94. The van der Waals surface area contributed by atoms with Crippen LogP contribution < -0.4 is 15.5 Å². The summed E-state index contributed by atoms with van der Waals surface area (Å²) in [5.41, 5.74) is 2.07. The normalized spacial score (nSPS) is 16.9. The highest BCUT2D eigenvalue weighted by atomic mass is 16.2. The van der Waals surface area contributed by atoms with E-state index in [4.69, 9.17) is 5.26 Å². The molecule has 3 aromatic rings. The van der Waals surface area contributed by atoms with Crippen molar-refractivity contribution in [3.63, 3.8) is 0 Å². The van der Waals surface area contributed by atoms with Gasteiger partial charge in [0.25, 0.3) is 5.91 Å². The fourth-order valence-corrected chi connectivity index (χ4v) is 5.56. The second-order valence-electron chi connectivity index (χ2n) is 10.2. The Bertz CT molecular complexity index is 1410. The first kappa shape index (κ1) is 26.8. The van der Waals surface area contributed by atoms with Crippen LogP contribution in [0.4, 0.5) is 16.2 Å². The summed E-state index contributed by atoms with van der Waals surface area (Å²) in [6.07, 6.45) is 0.871. The Labute approximate surface area is 234 Å². The van der Waals surface area contributed by atoms with E-state index in [1.54, 1.807) is 34.1 Å². The number of carbonyl (C=O) groups is 3. The second kappa shape index (κ2) is 11.5.